The minimum absolute atomic E-state index is 0.211. The second-order valence-electron chi connectivity index (χ2n) is 4.33. The largest absolute Gasteiger partial charge is 0.461 e. The molecule has 1 atom stereocenters. The van der Waals surface area contributed by atoms with E-state index in [1.54, 1.807) is 6.92 Å². The molecule has 0 saturated heterocycles. The van der Waals surface area contributed by atoms with Crippen LogP contribution in [-0.4, -0.2) is 24.5 Å². The maximum Gasteiger partial charge on any atom is 0.306 e. The number of hydrogen-bond donors (Lipinski definition) is 2. The normalized spacial score (nSPS) is 11.7. The zero-order valence-corrected chi connectivity index (χ0v) is 11.1. The maximum absolute atomic E-state index is 11.4. The number of carbonyl (C=O) groups excluding carboxylic acids is 2. The Bertz CT molecular complexity index is 404. The molecule has 0 heterocycles. The van der Waals surface area contributed by atoms with Crippen LogP contribution in [0, 0.1) is 0 Å². The van der Waals surface area contributed by atoms with Gasteiger partial charge in [0.25, 0.3) is 0 Å². The lowest BCUT2D eigenvalue weighted by molar-refractivity contribution is -0.145. The van der Waals surface area contributed by atoms with E-state index in [2.05, 4.69) is 5.32 Å². The molecule has 0 saturated carbocycles. The molecule has 1 rings (SSSR count). The second kappa shape index (κ2) is 8.26. The number of rotatable bonds is 7. The average Bonchev–Trinajstić information content (AvgIpc) is 2.42. The fraction of sp³-hybridized carbons (Fsp3) is 0.429. The molecule has 5 heteroatoms. The van der Waals surface area contributed by atoms with Gasteiger partial charge in [0, 0.05) is 13.0 Å². The zero-order valence-electron chi connectivity index (χ0n) is 11.1. The predicted octanol–water partition coefficient (Wildman–Crippen LogP) is 0.973. The molecule has 0 fully saturated rings. The highest BCUT2D eigenvalue weighted by Crippen LogP contribution is 2.02. The van der Waals surface area contributed by atoms with Gasteiger partial charge in [0.15, 0.2) is 0 Å². The van der Waals surface area contributed by atoms with Crippen molar-refractivity contribution in [1.29, 1.82) is 0 Å². The first-order valence-electron chi connectivity index (χ1n) is 6.32. The average molecular weight is 264 g/mol. The SMILES string of the molecule is C[C@H](N)C(=O)NCCCC(=O)OCc1ccccc1. The molecule has 104 valence electrons. The van der Waals surface area contributed by atoms with Gasteiger partial charge in [0.05, 0.1) is 6.04 Å². The van der Waals surface area contributed by atoms with E-state index in [4.69, 9.17) is 10.5 Å². The van der Waals surface area contributed by atoms with Crippen LogP contribution in [-0.2, 0) is 20.9 Å². The molecule has 1 amide bonds. The van der Waals surface area contributed by atoms with Gasteiger partial charge in [-0.2, -0.15) is 0 Å². The van der Waals surface area contributed by atoms with Crippen molar-refractivity contribution in [3.05, 3.63) is 35.9 Å². The first-order chi connectivity index (χ1) is 9.09. The van der Waals surface area contributed by atoms with Crippen molar-refractivity contribution in [3.8, 4) is 0 Å². The van der Waals surface area contributed by atoms with Crippen LogP contribution in [0.4, 0.5) is 0 Å². The second-order valence-corrected chi connectivity index (χ2v) is 4.33. The number of amides is 1. The molecule has 0 aliphatic rings. The van der Waals surface area contributed by atoms with Gasteiger partial charge in [0.2, 0.25) is 5.91 Å². The quantitative estimate of drug-likeness (QED) is 0.568. The van der Waals surface area contributed by atoms with Crippen molar-refractivity contribution < 1.29 is 14.3 Å². The number of carbonyl (C=O) groups is 2. The molecule has 5 nitrogen and oxygen atoms in total. The van der Waals surface area contributed by atoms with E-state index in [1.165, 1.54) is 0 Å². The van der Waals surface area contributed by atoms with E-state index < -0.39 is 6.04 Å². The van der Waals surface area contributed by atoms with Crippen LogP contribution in [0.15, 0.2) is 30.3 Å². The van der Waals surface area contributed by atoms with Crippen LogP contribution in [0.2, 0.25) is 0 Å². The van der Waals surface area contributed by atoms with Crippen LogP contribution in [0.5, 0.6) is 0 Å². The number of nitrogens with one attached hydrogen (secondary N) is 1. The van der Waals surface area contributed by atoms with Crippen LogP contribution in [0.3, 0.4) is 0 Å². The van der Waals surface area contributed by atoms with Gasteiger partial charge in [-0.25, -0.2) is 0 Å². The number of nitrogens with two attached hydrogens (primary N) is 1. The fourth-order valence-electron chi connectivity index (χ4n) is 1.42. The summed E-state index contributed by atoms with van der Waals surface area (Å²) in [5, 5.41) is 2.64. The zero-order chi connectivity index (χ0) is 14.1. The van der Waals surface area contributed by atoms with E-state index >= 15 is 0 Å². The molecule has 1 aromatic carbocycles. The number of benzene rings is 1. The van der Waals surface area contributed by atoms with Crippen molar-refractivity contribution in [2.24, 2.45) is 5.73 Å². The van der Waals surface area contributed by atoms with E-state index in [-0.39, 0.29) is 24.9 Å². The first kappa shape index (κ1) is 15.2. The van der Waals surface area contributed by atoms with Crippen molar-refractivity contribution in [3.63, 3.8) is 0 Å². The molecule has 3 N–H and O–H groups in total. The van der Waals surface area contributed by atoms with Crippen LogP contribution >= 0.6 is 0 Å². The van der Waals surface area contributed by atoms with Crippen LogP contribution in [0.25, 0.3) is 0 Å². The standard InChI is InChI=1S/C14H20N2O3/c1-11(15)14(18)16-9-5-8-13(17)19-10-12-6-3-2-4-7-12/h2-4,6-7,11H,5,8-10,15H2,1H3,(H,16,18)/t11-/m0/s1. The molecule has 1 aromatic rings. The van der Waals surface area contributed by atoms with E-state index in [9.17, 15) is 9.59 Å². The Balaban J connectivity index is 2.10. The molecule has 0 unspecified atom stereocenters. The fourth-order valence-corrected chi connectivity index (χ4v) is 1.42. The highest BCUT2D eigenvalue weighted by atomic mass is 16.5. The van der Waals surface area contributed by atoms with Gasteiger partial charge in [-0.15, -0.1) is 0 Å². The van der Waals surface area contributed by atoms with Gasteiger partial charge in [0.1, 0.15) is 6.61 Å². The Morgan fingerprint density at radius 3 is 2.63 bits per heavy atom. The highest BCUT2D eigenvalue weighted by molar-refractivity contribution is 5.80. The van der Waals surface area contributed by atoms with Crippen LogP contribution < -0.4 is 11.1 Å². The summed E-state index contributed by atoms with van der Waals surface area (Å²) in [6.07, 6.45) is 0.831. The summed E-state index contributed by atoms with van der Waals surface area (Å²) in [6, 6.07) is 8.97. The van der Waals surface area contributed by atoms with Crippen molar-refractivity contribution in [1.82, 2.24) is 5.32 Å². The summed E-state index contributed by atoms with van der Waals surface area (Å²) in [6.45, 7) is 2.33. The molecule has 0 aliphatic carbocycles. The summed E-state index contributed by atoms with van der Waals surface area (Å²) >= 11 is 0. The summed E-state index contributed by atoms with van der Waals surface area (Å²) < 4.78 is 5.11. The summed E-state index contributed by atoms with van der Waals surface area (Å²) in [5.41, 5.74) is 6.35. The summed E-state index contributed by atoms with van der Waals surface area (Å²) in [4.78, 5) is 22.6. The van der Waals surface area contributed by atoms with Gasteiger partial charge in [-0.1, -0.05) is 30.3 Å². The molecule has 0 bridgehead atoms. The molecular formula is C14H20N2O3. The van der Waals surface area contributed by atoms with Crippen LogP contribution in [0.1, 0.15) is 25.3 Å². The van der Waals surface area contributed by atoms with Gasteiger partial charge >= 0.3 is 5.97 Å². The Labute approximate surface area is 113 Å². The Hall–Kier alpha value is -1.88. The Kier molecular flexibility index (Phi) is 6.60. The third-order valence-corrected chi connectivity index (χ3v) is 2.51. The minimum atomic E-state index is -0.523. The van der Waals surface area contributed by atoms with Gasteiger partial charge in [-0.3, -0.25) is 9.59 Å². The first-order valence-corrected chi connectivity index (χ1v) is 6.32. The molecular weight excluding hydrogens is 244 g/mol. The number of hydrogen-bond acceptors (Lipinski definition) is 4. The van der Waals surface area contributed by atoms with Gasteiger partial charge < -0.3 is 15.8 Å². The van der Waals surface area contributed by atoms with E-state index in [0.717, 1.165) is 5.56 Å². The van der Waals surface area contributed by atoms with E-state index in [1.807, 2.05) is 30.3 Å². The third-order valence-electron chi connectivity index (χ3n) is 2.51. The molecule has 19 heavy (non-hydrogen) atoms. The summed E-state index contributed by atoms with van der Waals surface area (Å²) in [7, 11) is 0. The molecule has 0 aliphatic heterocycles. The number of esters is 1. The van der Waals surface area contributed by atoms with Gasteiger partial charge in [-0.05, 0) is 18.9 Å². The maximum atomic E-state index is 11.4. The molecule has 0 radical (unpaired) electrons. The minimum Gasteiger partial charge on any atom is -0.461 e. The lowest BCUT2D eigenvalue weighted by Gasteiger charge is -2.07. The van der Waals surface area contributed by atoms with Crippen molar-refractivity contribution in [2.45, 2.75) is 32.4 Å². The van der Waals surface area contributed by atoms with Crippen molar-refractivity contribution >= 4 is 11.9 Å². The Morgan fingerprint density at radius 2 is 2.00 bits per heavy atom. The van der Waals surface area contributed by atoms with Crippen molar-refractivity contribution in [2.75, 3.05) is 6.54 Å². The Morgan fingerprint density at radius 1 is 1.32 bits per heavy atom. The topological polar surface area (TPSA) is 81.4 Å². The summed E-state index contributed by atoms with van der Waals surface area (Å²) in [5.74, 6) is -0.475. The molecule has 0 aromatic heterocycles. The predicted molar refractivity (Wildman–Crippen MR) is 72.1 cm³/mol. The number of ether oxygens (including phenoxy) is 1. The lowest BCUT2D eigenvalue weighted by Crippen LogP contribution is -2.38. The third kappa shape index (κ3) is 6.57. The molecule has 0 spiro atoms. The highest BCUT2D eigenvalue weighted by Gasteiger charge is 2.07. The monoisotopic (exact) mass is 264 g/mol. The smallest absolute Gasteiger partial charge is 0.306 e. The lowest BCUT2D eigenvalue weighted by atomic mass is 10.2. The van der Waals surface area contributed by atoms with E-state index in [0.29, 0.717) is 13.0 Å².